The van der Waals surface area contributed by atoms with Crippen molar-refractivity contribution in [3.05, 3.63) is 22.7 Å². The van der Waals surface area contributed by atoms with E-state index in [-0.39, 0.29) is 0 Å². The fourth-order valence-corrected chi connectivity index (χ4v) is 2.99. The van der Waals surface area contributed by atoms with Gasteiger partial charge in [0.05, 0.1) is 11.6 Å². The van der Waals surface area contributed by atoms with Gasteiger partial charge in [-0.1, -0.05) is 0 Å². The summed E-state index contributed by atoms with van der Waals surface area (Å²) in [5.74, 6) is 2.32. The molecule has 1 aliphatic rings. The molecule has 112 valence electrons. The van der Waals surface area contributed by atoms with Crippen LogP contribution in [0.1, 0.15) is 6.92 Å². The largest absolute Gasteiger partial charge is 0.496 e. The molecule has 1 atom stereocenters. The van der Waals surface area contributed by atoms with Crippen LogP contribution in [-0.4, -0.2) is 48.0 Å². The molecule has 2 aromatic rings. The molecule has 0 bridgehead atoms. The van der Waals surface area contributed by atoms with Crippen molar-refractivity contribution < 1.29 is 4.74 Å². The molecule has 0 saturated carbocycles. The number of rotatable bonds is 3. The van der Waals surface area contributed by atoms with Gasteiger partial charge in [-0.05, 0) is 41.1 Å². The minimum absolute atomic E-state index is 0.454. The van der Waals surface area contributed by atoms with Gasteiger partial charge in [0.25, 0.3) is 0 Å². The number of hydrogen-bond donors (Lipinski definition) is 2. The number of ether oxygens (including phenoxy) is 1. The summed E-state index contributed by atoms with van der Waals surface area (Å²) in [6.45, 7) is 4.97. The third-order valence-corrected chi connectivity index (χ3v) is 4.17. The Labute approximate surface area is 132 Å². The Balaban J connectivity index is 1.82. The zero-order chi connectivity index (χ0) is 14.8. The Morgan fingerprint density at radius 2 is 2.29 bits per heavy atom. The SMILES string of the molecule is COc1ccc(-c2nc(N3CCN[C@H](C)C3)n[nH]2)cc1Br. The van der Waals surface area contributed by atoms with E-state index in [4.69, 9.17) is 4.74 Å². The number of hydrogen-bond acceptors (Lipinski definition) is 5. The van der Waals surface area contributed by atoms with E-state index in [1.165, 1.54) is 0 Å². The molecule has 21 heavy (non-hydrogen) atoms. The Hall–Kier alpha value is -1.60. The molecule has 0 spiro atoms. The molecule has 0 radical (unpaired) electrons. The fourth-order valence-electron chi connectivity index (χ4n) is 2.45. The standard InChI is InChI=1S/C14H18BrN5O/c1-9-8-20(6-5-16-9)14-17-13(18-19-14)10-3-4-12(21-2)11(15)7-10/h3-4,7,9,16H,5-6,8H2,1-2H3,(H,17,18,19)/t9-/m1/s1. The second kappa shape index (κ2) is 6.03. The van der Waals surface area contributed by atoms with Crippen LogP contribution in [0, 0.1) is 0 Å². The van der Waals surface area contributed by atoms with Crippen molar-refractivity contribution in [1.82, 2.24) is 20.5 Å². The summed E-state index contributed by atoms with van der Waals surface area (Å²) in [5.41, 5.74) is 0.976. The summed E-state index contributed by atoms with van der Waals surface area (Å²) < 4.78 is 6.14. The van der Waals surface area contributed by atoms with Crippen LogP contribution in [0.2, 0.25) is 0 Å². The number of aromatic amines is 1. The van der Waals surface area contributed by atoms with Gasteiger partial charge in [-0.25, -0.2) is 0 Å². The average molecular weight is 352 g/mol. The summed E-state index contributed by atoms with van der Waals surface area (Å²) in [5, 5.41) is 10.8. The van der Waals surface area contributed by atoms with E-state index in [1.54, 1.807) is 7.11 Å². The molecule has 1 fully saturated rings. The Morgan fingerprint density at radius 3 is 3.00 bits per heavy atom. The average Bonchev–Trinajstić information content (AvgIpc) is 2.97. The molecule has 0 amide bonds. The Kier molecular flexibility index (Phi) is 4.12. The van der Waals surface area contributed by atoms with Crippen molar-refractivity contribution >= 4 is 21.9 Å². The van der Waals surface area contributed by atoms with E-state index >= 15 is 0 Å². The fraction of sp³-hybridized carbons (Fsp3) is 0.429. The van der Waals surface area contributed by atoms with Gasteiger partial charge in [-0.2, -0.15) is 4.98 Å². The summed E-state index contributed by atoms with van der Waals surface area (Å²) in [6, 6.07) is 6.31. The zero-order valence-electron chi connectivity index (χ0n) is 12.1. The third kappa shape index (κ3) is 3.03. The van der Waals surface area contributed by atoms with Crippen molar-refractivity contribution in [2.24, 2.45) is 0 Å². The van der Waals surface area contributed by atoms with Gasteiger partial charge in [0, 0.05) is 31.2 Å². The maximum Gasteiger partial charge on any atom is 0.245 e. The molecule has 2 N–H and O–H groups in total. The second-order valence-corrected chi connectivity index (χ2v) is 5.99. The quantitative estimate of drug-likeness (QED) is 0.885. The van der Waals surface area contributed by atoms with E-state index in [1.807, 2.05) is 18.2 Å². The lowest BCUT2D eigenvalue weighted by Gasteiger charge is -2.30. The molecule has 1 aliphatic heterocycles. The highest BCUT2D eigenvalue weighted by Crippen LogP contribution is 2.29. The van der Waals surface area contributed by atoms with Gasteiger partial charge < -0.3 is 15.0 Å². The first-order chi connectivity index (χ1) is 10.2. The van der Waals surface area contributed by atoms with Crippen molar-refractivity contribution in [2.75, 3.05) is 31.6 Å². The molecule has 3 rings (SSSR count). The van der Waals surface area contributed by atoms with Crippen LogP contribution in [0.25, 0.3) is 11.4 Å². The van der Waals surface area contributed by atoms with Crippen LogP contribution < -0.4 is 15.0 Å². The van der Waals surface area contributed by atoms with Gasteiger partial charge in [0.2, 0.25) is 5.95 Å². The highest BCUT2D eigenvalue weighted by Gasteiger charge is 2.19. The van der Waals surface area contributed by atoms with Crippen LogP contribution in [-0.2, 0) is 0 Å². The van der Waals surface area contributed by atoms with Gasteiger partial charge in [0.15, 0.2) is 5.82 Å². The number of benzene rings is 1. The molecule has 1 aromatic carbocycles. The first-order valence-corrected chi connectivity index (χ1v) is 7.71. The first-order valence-electron chi connectivity index (χ1n) is 6.92. The van der Waals surface area contributed by atoms with Crippen LogP contribution in [0.4, 0.5) is 5.95 Å². The maximum absolute atomic E-state index is 5.24. The topological polar surface area (TPSA) is 66.1 Å². The van der Waals surface area contributed by atoms with Crippen molar-refractivity contribution in [1.29, 1.82) is 0 Å². The van der Waals surface area contributed by atoms with Crippen LogP contribution in [0.3, 0.4) is 0 Å². The Bertz CT molecular complexity index is 630. The normalized spacial score (nSPS) is 18.8. The molecule has 0 aliphatic carbocycles. The molecular weight excluding hydrogens is 334 g/mol. The molecule has 7 heteroatoms. The first kappa shape index (κ1) is 14.3. The number of nitrogens with zero attached hydrogens (tertiary/aromatic N) is 3. The molecule has 6 nitrogen and oxygen atoms in total. The molecule has 2 heterocycles. The summed E-state index contributed by atoms with van der Waals surface area (Å²) in [6.07, 6.45) is 0. The van der Waals surface area contributed by atoms with E-state index in [2.05, 4.69) is 48.3 Å². The van der Waals surface area contributed by atoms with Gasteiger partial charge in [-0.3, -0.25) is 5.10 Å². The van der Waals surface area contributed by atoms with Crippen LogP contribution in [0.5, 0.6) is 5.75 Å². The number of nitrogens with one attached hydrogen (secondary N) is 2. The monoisotopic (exact) mass is 351 g/mol. The lowest BCUT2D eigenvalue weighted by molar-refractivity contribution is 0.412. The highest BCUT2D eigenvalue weighted by molar-refractivity contribution is 9.10. The van der Waals surface area contributed by atoms with Crippen LogP contribution >= 0.6 is 15.9 Å². The van der Waals surface area contributed by atoms with Gasteiger partial charge in [-0.15, -0.1) is 5.10 Å². The predicted molar refractivity (Wildman–Crippen MR) is 85.7 cm³/mol. The van der Waals surface area contributed by atoms with E-state index < -0.39 is 0 Å². The van der Waals surface area contributed by atoms with Crippen molar-refractivity contribution in [2.45, 2.75) is 13.0 Å². The van der Waals surface area contributed by atoms with Crippen molar-refractivity contribution in [3.8, 4) is 17.1 Å². The molecule has 0 unspecified atom stereocenters. The minimum Gasteiger partial charge on any atom is -0.496 e. The number of aromatic nitrogens is 3. The molecular formula is C14H18BrN5O. The molecule has 1 saturated heterocycles. The smallest absolute Gasteiger partial charge is 0.245 e. The molecule has 1 aromatic heterocycles. The van der Waals surface area contributed by atoms with Gasteiger partial charge >= 0.3 is 0 Å². The van der Waals surface area contributed by atoms with Crippen LogP contribution in [0.15, 0.2) is 22.7 Å². The lowest BCUT2D eigenvalue weighted by atomic mass is 10.2. The zero-order valence-corrected chi connectivity index (χ0v) is 13.6. The summed E-state index contributed by atoms with van der Waals surface area (Å²) in [4.78, 5) is 6.80. The number of halogens is 1. The van der Waals surface area contributed by atoms with Crippen molar-refractivity contribution in [3.63, 3.8) is 0 Å². The highest BCUT2D eigenvalue weighted by atomic mass is 79.9. The number of H-pyrrole nitrogens is 1. The summed E-state index contributed by atoms with van der Waals surface area (Å²) >= 11 is 3.49. The number of piperazine rings is 1. The summed E-state index contributed by atoms with van der Waals surface area (Å²) in [7, 11) is 1.65. The van der Waals surface area contributed by atoms with Gasteiger partial charge in [0.1, 0.15) is 5.75 Å². The van der Waals surface area contributed by atoms with E-state index in [9.17, 15) is 0 Å². The lowest BCUT2D eigenvalue weighted by Crippen LogP contribution is -2.49. The number of anilines is 1. The van der Waals surface area contributed by atoms with E-state index in [0.29, 0.717) is 6.04 Å². The minimum atomic E-state index is 0.454. The second-order valence-electron chi connectivity index (χ2n) is 5.13. The predicted octanol–water partition coefficient (Wildman–Crippen LogP) is 2.04. The maximum atomic E-state index is 5.24. The Morgan fingerprint density at radius 1 is 1.43 bits per heavy atom. The van der Waals surface area contributed by atoms with E-state index in [0.717, 1.165) is 47.2 Å². The number of methoxy groups -OCH3 is 1. The third-order valence-electron chi connectivity index (χ3n) is 3.55.